The highest BCUT2D eigenvalue weighted by Gasteiger charge is 2.13. The van der Waals surface area contributed by atoms with E-state index in [0.717, 1.165) is 18.4 Å². The van der Waals surface area contributed by atoms with Crippen LogP contribution in [0.3, 0.4) is 0 Å². The minimum atomic E-state index is -0.103. The van der Waals surface area contributed by atoms with E-state index in [2.05, 4.69) is 12.2 Å². The van der Waals surface area contributed by atoms with Crippen LogP contribution in [-0.4, -0.2) is 18.5 Å². The molecular formula is C13H19ClN2O. The average molecular weight is 255 g/mol. The van der Waals surface area contributed by atoms with Crippen LogP contribution in [-0.2, 0) is 0 Å². The molecule has 1 atom stereocenters. The summed E-state index contributed by atoms with van der Waals surface area (Å²) < 4.78 is 0. The summed E-state index contributed by atoms with van der Waals surface area (Å²) in [6.45, 7) is 4.42. The van der Waals surface area contributed by atoms with Crippen molar-refractivity contribution in [3.05, 3.63) is 34.3 Å². The molecule has 0 fully saturated rings. The molecule has 3 nitrogen and oxygen atoms in total. The van der Waals surface area contributed by atoms with Crippen LogP contribution in [0.1, 0.15) is 35.7 Å². The van der Waals surface area contributed by atoms with Crippen molar-refractivity contribution >= 4 is 17.5 Å². The molecule has 1 amide bonds. The Hall–Kier alpha value is -1.06. The normalized spacial score (nSPS) is 12.2. The molecule has 0 bridgehead atoms. The second-order valence-corrected chi connectivity index (χ2v) is 4.59. The summed E-state index contributed by atoms with van der Waals surface area (Å²) in [5.41, 5.74) is 7.15. The highest BCUT2D eigenvalue weighted by molar-refractivity contribution is 6.31. The Morgan fingerprint density at radius 1 is 1.53 bits per heavy atom. The van der Waals surface area contributed by atoms with E-state index in [-0.39, 0.29) is 11.9 Å². The van der Waals surface area contributed by atoms with Gasteiger partial charge < -0.3 is 11.1 Å². The fourth-order valence-electron chi connectivity index (χ4n) is 1.70. The Balaban J connectivity index is 2.78. The maximum Gasteiger partial charge on any atom is 0.251 e. The summed E-state index contributed by atoms with van der Waals surface area (Å²) in [7, 11) is 0. The van der Waals surface area contributed by atoms with Crippen LogP contribution in [0.4, 0.5) is 0 Å². The summed E-state index contributed by atoms with van der Waals surface area (Å²) >= 11 is 5.89. The molecule has 0 heterocycles. The lowest BCUT2D eigenvalue weighted by atomic mass is 10.1. The first-order valence-corrected chi connectivity index (χ1v) is 6.23. The van der Waals surface area contributed by atoms with Crippen LogP contribution in [0.2, 0.25) is 5.02 Å². The van der Waals surface area contributed by atoms with Crippen molar-refractivity contribution in [1.29, 1.82) is 0 Å². The third-order valence-electron chi connectivity index (χ3n) is 2.70. The number of rotatable bonds is 5. The highest BCUT2D eigenvalue weighted by Crippen LogP contribution is 2.15. The van der Waals surface area contributed by atoms with E-state index in [1.54, 1.807) is 12.1 Å². The highest BCUT2D eigenvalue weighted by atomic mass is 35.5. The summed E-state index contributed by atoms with van der Waals surface area (Å²) in [5, 5.41) is 3.50. The number of nitrogens with two attached hydrogens (primary N) is 1. The molecule has 0 aliphatic rings. The van der Waals surface area contributed by atoms with Crippen molar-refractivity contribution in [2.75, 3.05) is 6.54 Å². The van der Waals surface area contributed by atoms with E-state index in [1.807, 2.05) is 13.0 Å². The Bertz CT molecular complexity index is 393. The maximum atomic E-state index is 12.0. The van der Waals surface area contributed by atoms with Crippen LogP contribution in [0.5, 0.6) is 0 Å². The fraction of sp³-hybridized carbons (Fsp3) is 0.462. The first-order valence-electron chi connectivity index (χ1n) is 5.85. The molecule has 1 aromatic carbocycles. The van der Waals surface area contributed by atoms with E-state index in [1.165, 1.54) is 0 Å². The van der Waals surface area contributed by atoms with Gasteiger partial charge in [-0.2, -0.15) is 0 Å². The number of aryl methyl sites for hydroxylation is 1. The minimum absolute atomic E-state index is 0.0332. The number of hydrogen-bond donors (Lipinski definition) is 2. The SMILES string of the molecule is CCCC(CN)NC(=O)c1cc(Cl)ccc1C. The Labute approximate surface area is 107 Å². The maximum absolute atomic E-state index is 12.0. The molecule has 1 aromatic rings. The standard InChI is InChI=1S/C13H19ClN2O/c1-3-4-11(8-15)16-13(17)12-7-10(14)6-5-9(12)2/h5-7,11H,3-4,8,15H2,1-2H3,(H,16,17). The van der Waals surface area contributed by atoms with Crippen molar-refractivity contribution in [3.8, 4) is 0 Å². The van der Waals surface area contributed by atoms with Crippen molar-refractivity contribution in [2.45, 2.75) is 32.7 Å². The van der Waals surface area contributed by atoms with Gasteiger partial charge >= 0.3 is 0 Å². The lowest BCUT2D eigenvalue weighted by Crippen LogP contribution is -2.40. The number of carbonyl (C=O) groups is 1. The smallest absolute Gasteiger partial charge is 0.251 e. The van der Waals surface area contributed by atoms with Crippen molar-refractivity contribution in [1.82, 2.24) is 5.32 Å². The van der Waals surface area contributed by atoms with Gasteiger partial charge in [0.25, 0.3) is 5.91 Å². The van der Waals surface area contributed by atoms with Gasteiger partial charge in [0, 0.05) is 23.2 Å². The van der Waals surface area contributed by atoms with Gasteiger partial charge in [-0.3, -0.25) is 4.79 Å². The molecule has 0 saturated heterocycles. The van der Waals surface area contributed by atoms with E-state index in [9.17, 15) is 4.79 Å². The summed E-state index contributed by atoms with van der Waals surface area (Å²) in [4.78, 5) is 12.0. The summed E-state index contributed by atoms with van der Waals surface area (Å²) in [6.07, 6.45) is 1.89. The van der Waals surface area contributed by atoms with Crippen LogP contribution in [0, 0.1) is 6.92 Å². The number of benzene rings is 1. The van der Waals surface area contributed by atoms with Gasteiger partial charge in [-0.15, -0.1) is 0 Å². The third kappa shape index (κ3) is 4.02. The molecule has 0 aliphatic heterocycles. The molecule has 0 aromatic heterocycles. The molecule has 1 unspecified atom stereocenters. The Kier molecular flexibility index (Phi) is 5.45. The number of halogens is 1. The molecule has 1 rings (SSSR count). The van der Waals surface area contributed by atoms with E-state index < -0.39 is 0 Å². The predicted molar refractivity (Wildman–Crippen MR) is 71.4 cm³/mol. The van der Waals surface area contributed by atoms with Crippen LogP contribution >= 0.6 is 11.6 Å². The average Bonchev–Trinajstić information content (AvgIpc) is 2.31. The topological polar surface area (TPSA) is 55.1 Å². The van der Waals surface area contributed by atoms with Crippen molar-refractivity contribution in [2.24, 2.45) is 5.73 Å². The van der Waals surface area contributed by atoms with Gasteiger partial charge in [0.15, 0.2) is 0 Å². The molecule has 0 radical (unpaired) electrons. The van der Waals surface area contributed by atoms with E-state index in [0.29, 0.717) is 17.1 Å². The molecule has 4 heteroatoms. The third-order valence-corrected chi connectivity index (χ3v) is 2.94. The van der Waals surface area contributed by atoms with Gasteiger partial charge in [0.1, 0.15) is 0 Å². The Morgan fingerprint density at radius 2 is 2.24 bits per heavy atom. The second kappa shape index (κ2) is 6.62. The molecule has 17 heavy (non-hydrogen) atoms. The van der Waals surface area contributed by atoms with Gasteiger partial charge in [-0.1, -0.05) is 31.0 Å². The van der Waals surface area contributed by atoms with E-state index >= 15 is 0 Å². The van der Waals surface area contributed by atoms with Crippen molar-refractivity contribution in [3.63, 3.8) is 0 Å². The van der Waals surface area contributed by atoms with Crippen molar-refractivity contribution < 1.29 is 4.79 Å². The molecule has 94 valence electrons. The molecule has 0 spiro atoms. The van der Waals surface area contributed by atoms with Crippen LogP contribution in [0.15, 0.2) is 18.2 Å². The first kappa shape index (κ1) is 14.0. The van der Waals surface area contributed by atoms with E-state index in [4.69, 9.17) is 17.3 Å². The van der Waals surface area contributed by atoms with Gasteiger partial charge in [-0.25, -0.2) is 0 Å². The Morgan fingerprint density at radius 3 is 2.82 bits per heavy atom. The molecule has 0 aliphatic carbocycles. The zero-order chi connectivity index (χ0) is 12.8. The molecule has 0 saturated carbocycles. The minimum Gasteiger partial charge on any atom is -0.348 e. The lowest BCUT2D eigenvalue weighted by Gasteiger charge is -2.16. The fourth-order valence-corrected chi connectivity index (χ4v) is 1.87. The van der Waals surface area contributed by atoms with Crippen LogP contribution < -0.4 is 11.1 Å². The summed E-state index contributed by atoms with van der Waals surface area (Å²) in [6, 6.07) is 5.34. The molecular weight excluding hydrogens is 236 g/mol. The number of hydrogen-bond acceptors (Lipinski definition) is 2. The number of nitrogens with one attached hydrogen (secondary N) is 1. The number of amides is 1. The van der Waals surface area contributed by atoms with Gasteiger partial charge in [0.2, 0.25) is 0 Å². The van der Waals surface area contributed by atoms with Gasteiger partial charge in [-0.05, 0) is 31.0 Å². The van der Waals surface area contributed by atoms with Crippen LogP contribution in [0.25, 0.3) is 0 Å². The zero-order valence-electron chi connectivity index (χ0n) is 10.3. The number of carbonyl (C=O) groups excluding carboxylic acids is 1. The predicted octanol–water partition coefficient (Wildman–Crippen LogP) is 2.51. The monoisotopic (exact) mass is 254 g/mol. The quantitative estimate of drug-likeness (QED) is 0.848. The van der Waals surface area contributed by atoms with Gasteiger partial charge in [0.05, 0.1) is 0 Å². The zero-order valence-corrected chi connectivity index (χ0v) is 11.1. The first-order chi connectivity index (χ1) is 8.08. The largest absolute Gasteiger partial charge is 0.348 e. The second-order valence-electron chi connectivity index (χ2n) is 4.15. The lowest BCUT2D eigenvalue weighted by molar-refractivity contribution is 0.0935. The summed E-state index contributed by atoms with van der Waals surface area (Å²) in [5.74, 6) is -0.103. The molecule has 3 N–H and O–H groups in total.